The van der Waals surface area contributed by atoms with Crippen molar-refractivity contribution >= 4 is 17.7 Å². The van der Waals surface area contributed by atoms with Crippen LogP contribution in [0.5, 0.6) is 0 Å². The Morgan fingerprint density at radius 2 is 2.10 bits per heavy atom. The first-order valence-electron chi connectivity index (χ1n) is 6.88. The van der Waals surface area contributed by atoms with E-state index in [1.807, 2.05) is 6.92 Å². The zero-order chi connectivity index (χ0) is 14.5. The summed E-state index contributed by atoms with van der Waals surface area (Å²) in [6.07, 6.45) is 4.23. The van der Waals surface area contributed by atoms with E-state index < -0.39 is 0 Å². The van der Waals surface area contributed by atoms with Crippen LogP contribution in [0.4, 0.5) is 0 Å². The lowest BCUT2D eigenvalue weighted by Crippen LogP contribution is -2.12. The van der Waals surface area contributed by atoms with Crippen molar-refractivity contribution in [3.8, 4) is 6.07 Å². The topological polar surface area (TPSA) is 63.0 Å². The Labute approximate surface area is 123 Å². The van der Waals surface area contributed by atoms with Crippen LogP contribution in [0.15, 0.2) is 5.03 Å². The van der Waals surface area contributed by atoms with Crippen LogP contribution < -0.4 is 0 Å². The lowest BCUT2D eigenvalue weighted by Gasteiger charge is -2.20. The van der Waals surface area contributed by atoms with E-state index in [0.717, 1.165) is 36.9 Å². The van der Waals surface area contributed by atoms with E-state index >= 15 is 0 Å². The summed E-state index contributed by atoms with van der Waals surface area (Å²) in [5, 5.41) is 10.1. The molecule has 1 aliphatic rings. The molecule has 20 heavy (non-hydrogen) atoms. The van der Waals surface area contributed by atoms with Gasteiger partial charge in [0.05, 0.1) is 17.9 Å². The number of nitrogens with zero attached hydrogens (tertiary/aromatic N) is 2. The summed E-state index contributed by atoms with van der Waals surface area (Å²) in [4.78, 5) is 16.0. The fraction of sp³-hybridized carbons (Fsp3) is 0.533. The summed E-state index contributed by atoms with van der Waals surface area (Å²) >= 11 is 1.30. The molecule has 2 rings (SSSR count). The molecule has 0 radical (unpaired) electrons. The molecular weight excluding hydrogens is 272 g/mol. The average molecular weight is 290 g/mol. The highest BCUT2D eigenvalue weighted by Gasteiger charge is 2.21. The fourth-order valence-corrected chi connectivity index (χ4v) is 3.39. The molecule has 5 heteroatoms. The third-order valence-corrected chi connectivity index (χ3v) is 4.38. The van der Waals surface area contributed by atoms with E-state index in [2.05, 4.69) is 11.1 Å². The molecule has 0 saturated carbocycles. The van der Waals surface area contributed by atoms with Gasteiger partial charge in [-0.3, -0.25) is 4.79 Å². The average Bonchev–Trinajstić information content (AvgIpc) is 2.46. The van der Waals surface area contributed by atoms with Crippen molar-refractivity contribution in [2.24, 2.45) is 0 Å². The Hall–Kier alpha value is -1.54. The monoisotopic (exact) mass is 290 g/mol. The van der Waals surface area contributed by atoms with Gasteiger partial charge in [0, 0.05) is 5.69 Å². The van der Waals surface area contributed by atoms with Gasteiger partial charge in [0.1, 0.15) is 11.1 Å². The van der Waals surface area contributed by atoms with Gasteiger partial charge >= 0.3 is 5.97 Å². The Bertz CT molecular complexity index is 564. The quantitative estimate of drug-likeness (QED) is 0.630. The van der Waals surface area contributed by atoms with E-state index in [9.17, 15) is 10.1 Å². The van der Waals surface area contributed by atoms with Gasteiger partial charge in [-0.1, -0.05) is 11.8 Å². The molecule has 0 amide bonds. The van der Waals surface area contributed by atoms with Gasteiger partial charge in [0.15, 0.2) is 0 Å². The van der Waals surface area contributed by atoms with Crippen molar-refractivity contribution in [2.75, 3.05) is 12.4 Å². The molecule has 0 unspecified atom stereocenters. The second-order valence-corrected chi connectivity index (χ2v) is 5.71. The number of carbonyl (C=O) groups excluding carboxylic acids is 1. The molecule has 0 aliphatic heterocycles. The lowest BCUT2D eigenvalue weighted by atomic mass is 9.88. The van der Waals surface area contributed by atoms with Gasteiger partial charge in [-0.05, 0) is 50.7 Å². The van der Waals surface area contributed by atoms with Crippen LogP contribution in [0.25, 0.3) is 0 Å². The van der Waals surface area contributed by atoms with Gasteiger partial charge in [-0.25, -0.2) is 4.98 Å². The molecule has 0 saturated heterocycles. The maximum Gasteiger partial charge on any atom is 0.316 e. The lowest BCUT2D eigenvalue weighted by molar-refractivity contribution is -0.139. The van der Waals surface area contributed by atoms with Gasteiger partial charge in [0.25, 0.3) is 0 Å². The van der Waals surface area contributed by atoms with Crippen LogP contribution in [-0.2, 0) is 22.4 Å². The highest BCUT2D eigenvalue weighted by atomic mass is 32.2. The molecule has 0 aromatic carbocycles. The fourth-order valence-electron chi connectivity index (χ4n) is 2.53. The summed E-state index contributed by atoms with van der Waals surface area (Å²) in [5.74, 6) is -0.0631. The molecule has 1 aromatic heterocycles. The van der Waals surface area contributed by atoms with Crippen LogP contribution in [0, 0.1) is 18.3 Å². The number of thioether (sulfide) groups is 1. The van der Waals surface area contributed by atoms with Crippen molar-refractivity contribution < 1.29 is 9.53 Å². The van der Waals surface area contributed by atoms with Crippen LogP contribution in [0.1, 0.15) is 42.1 Å². The third kappa shape index (κ3) is 3.13. The van der Waals surface area contributed by atoms with Crippen molar-refractivity contribution in [3.63, 3.8) is 0 Å². The van der Waals surface area contributed by atoms with E-state index in [1.54, 1.807) is 6.92 Å². The first-order valence-corrected chi connectivity index (χ1v) is 7.86. The van der Waals surface area contributed by atoms with Crippen LogP contribution in [-0.4, -0.2) is 23.3 Å². The molecule has 106 valence electrons. The summed E-state index contributed by atoms with van der Waals surface area (Å²) in [6, 6.07) is 2.27. The normalized spacial score (nSPS) is 13.4. The summed E-state index contributed by atoms with van der Waals surface area (Å²) in [6.45, 7) is 4.14. The second kappa shape index (κ2) is 6.76. The Morgan fingerprint density at radius 1 is 1.40 bits per heavy atom. The zero-order valence-electron chi connectivity index (χ0n) is 11.9. The molecule has 0 bridgehead atoms. The number of esters is 1. The summed E-state index contributed by atoms with van der Waals surface area (Å²) < 4.78 is 4.91. The number of hydrogen-bond acceptors (Lipinski definition) is 5. The van der Waals surface area contributed by atoms with Gasteiger partial charge in [-0.15, -0.1) is 0 Å². The highest BCUT2D eigenvalue weighted by Crippen LogP contribution is 2.32. The molecule has 0 N–H and O–H groups in total. The van der Waals surface area contributed by atoms with Crippen molar-refractivity contribution in [2.45, 2.75) is 44.6 Å². The number of aryl methyl sites for hydroxylation is 1. The van der Waals surface area contributed by atoms with Crippen molar-refractivity contribution in [1.29, 1.82) is 5.26 Å². The third-order valence-electron chi connectivity index (χ3n) is 3.43. The number of carbonyl (C=O) groups is 1. The zero-order valence-corrected chi connectivity index (χ0v) is 12.7. The molecule has 0 fully saturated rings. The predicted octanol–water partition coefficient (Wildman–Crippen LogP) is 2.80. The van der Waals surface area contributed by atoms with Gasteiger partial charge in [-0.2, -0.15) is 5.26 Å². The minimum Gasteiger partial charge on any atom is -0.465 e. The van der Waals surface area contributed by atoms with E-state index in [1.165, 1.54) is 17.3 Å². The molecule has 0 atom stereocenters. The molecular formula is C15H18N2O2S. The number of hydrogen-bond donors (Lipinski definition) is 0. The van der Waals surface area contributed by atoms with Crippen LogP contribution in [0.3, 0.4) is 0 Å². The maximum atomic E-state index is 11.4. The minimum absolute atomic E-state index is 0.202. The van der Waals surface area contributed by atoms with Crippen LogP contribution >= 0.6 is 11.8 Å². The van der Waals surface area contributed by atoms with Crippen LogP contribution in [0.2, 0.25) is 0 Å². The SMILES string of the molecule is CCOC(=O)CSc1nc(C)c2c(c1C#N)CCCC2. The highest BCUT2D eigenvalue weighted by molar-refractivity contribution is 7.99. The summed E-state index contributed by atoms with van der Waals surface area (Å²) in [5.41, 5.74) is 4.01. The second-order valence-electron chi connectivity index (χ2n) is 4.75. The largest absolute Gasteiger partial charge is 0.465 e. The Kier molecular flexibility index (Phi) is 5.02. The summed E-state index contributed by atoms with van der Waals surface area (Å²) in [7, 11) is 0. The predicted molar refractivity (Wildman–Crippen MR) is 77.7 cm³/mol. The number of ether oxygens (including phenoxy) is 1. The van der Waals surface area contributed by atoms with Gasteiger partial charge < -0.3 is 4.74 Å². The number of rotatable bonds is 4. The Balaban J connectivity index is 2.27. The van der Waals surface area contributed by atoms with E-state index in [4.69, 9.17) is 4.74 Å². The molecule has 1 heterocycles. The van der Waals surface area contributed by atoms with E-state index in [0.29, 0.717) is 17.2 Å². The minimum atomic E-state index is -0.265. The first-order chi connectivity index (χ1) is 9.67. The molecule has 1 aliphatic carbocycles. The molecule has 1 aromatic rings. The Morgan fingerprint density at radius 3 is 2.75 bits per heavy atom. The van der Waals surface area contributed by atoms with E-state index in [-0.39, 0.29) is 11.7 Å². The molecule has 0 spiro atoms. The van der Waals surface area contributed by atoms with Crippen molar-refractivity contribution in [3.05, 3.63) is 22.4 Å². The number of fused-ring (bicyclic) bond motifs is 1. The maximum absolute atomic E-state index is 11.4. The number of pyridine rings is 1. The molecule has 4 nitrogen and oxygen atoms in total. The smallest absolute Gasteiger partial charge is 0.316 e. The number of aromatic nitrogens is 1. The first kappa shape index (κ1) is 14.9. The van der Waals surface area contributed by atoms with Gasteiger partial charge in [0.2, 0.25) is 0 Å². The standard InChI is InChI=1S/C15H18N2O2S/c1-3-19-14(18)9-20-15-13(8-16)12-7-5-4-6-11(12)10(2)17-15/h3-7,9H2,1-2H3. The number of nitriles is 1. The van der Waals surface area contributed by atoms with Crippen molar-refractivity contribution in [1.82, 2.24) is 4.98 Å².